The summed E-state index contributed by atoms with van der Waals surface area (Å²) in [5, 5.41) is 19.3. The van der Waals surface area contributed by atoms with Crippen molar-refractivity contribution in [3.05, 3.63) is 88.2 Å². The molecule has 0 bridgehead atoms. The third-order valence-corrected chi connectivity index (χ3v) is 9.17. The fourth-order valence-electron chi connectivity index (χ4n) is 6.07. The van der Waals surface area contributed by atoms with Crippen molar-refractivity contribution in [2.45, 2.75) is 38.6 Å². The van der Waals surface area contributed by atoms with Crippen LogP contribution in [0.15, 0.2) is 60.1 Å². The van der Waals surface area contributed by atoms with Crippen LogP contribution in [-0.4, -0.2) is 48.1 Å². The Balaban J connectivity index is 1.01. The van der Waals surface area contributed by atoms with Crippen LogP contribution in [0, 0.1) is 5.82 Å². The molecule has 2 aliphatic rings. The van der Waals surface area contributed by atoms with Crippen molar-refractivity contribution in [1.82, 2.24) is 20.5 Å². The van der Waals surface area contributed by atoms with Crippen molar-refractivity contribution >= 4 is 27.2 Å². The second-order valence-corrected chi connectivity index (χ2v) is 11.9. The van der Waals surface area contributed by atoms with Crippen LogP contribution in [0.1, 0.15) is 35.1 Å². The van der Waals surface area contributed by atoms with Crippen molar-refractivity contribution in [2.75, 3.05) is 38.2 Å². The van der Waals surface area contributed by atoms with E-state index in [4.69, 9.17) is 9.47 Å². The predicted octanol–water partition coefficient (Wildman–Crippen LogP) is 6.59. The van der Waals surface area contributed by atoms with Crippen LogP contribution in [0.5, 0.6) is 5.75 Å². The highest BCUT2D eigenvalue weighted by molar-refractivity contribution is 7.17. The molecular weight excluding hydrogens is 561 g/mol. The van der Waals surface area contributed by atoms with Crippen LogP contribution in [0.4, 0.5) is 10.2 Å². The summed E-state index contributed by atoms with van der Waals surface area (Å²) in [6.07, 6.45) is 7.55. The summed E-state index contributed by atoms with van der Waals surface area (Å²) >= 11 is 1.60. The Bertz CT molecular complexity index is 1760. The molecule has 0 atom stereocenters. The maximum atomic E-state index is 14.3. The normalized spacial score (nSPS) is 14.3. The first-order valence-electron chi connectivity index (χ1n) is 15.0. The van der Waals surface area contributed by atoms with E-state index in [2.05, 4.69) is 61.5 Å². The maximum absolute atomic E-state index is 14.3. The number of benzene rings is 2. The number of anilines is 1. The lowest BCUT2D eigenvalue weighted by molar-refractivity contribution is 0.107. The van der Waals surface area contributed by atoms with Gasteiger partial charge in [0.25, 0.3) is 0 Å². The topological polar surface area (TPSA) is 81.2 Å². The van der Waals surface area contributed by atoms with Crippen LogP contribution < -0.4 is 15.4 Å². The van der Waals surface area contributed by atoms with Crippen LogP contribution in [0.3, 0.4) is 0 Å². The lowest BCUT2D eigenvalue weighted by Crippen LogP contribution is -2.23. The van der Waals surface area contributed by atoms with Gasteiger partial charge in [-0.25, -0.2) is 9.37 Å². The minimum atomic E-state index is -0.363. The van der Waals surface area contributed by atoms with Crippen molar-refractivity contribution in [1.29, 1.82) is 0 Å². The fraction of sp³-hybridized carbons (Fsp3) is 0.324. The van der Waals surface area contributed by atoms with Crippen molar-refractivity contribution < 1.29 is 13.9 Å². The van der Waals surface area contributed by atoms with E-state index in [1.807, 2.05) is 6.20 Å². The highest BCUT2D eigenvalue weighted by Gasteiger charge is 2.19. The number of fused-ring (bicyclic) bond motifs is 3. The van der Waals surface area contributed by atoms with E-state index in [1.165, 1.54) is 47.2 Å². The van der Waals surface area contributed by atoms with Crippen molar-refractivity contribution in [3.63, 3.8) is 0 Å². The Morgan fingerprint density at radius 1 is 0.884 bits per heavy atom. The Morgan fingerprint density at radius 3 is 2.79 bits per heavy atom. The van der Waals surface area contributed by atoms with E-state index in [-0.39, 0.29) is 5.82 Å². The summed E-state index contributed by atoms with van der Waals surface area (Å²) in [5.74, 6) is 1.04. The van der Waals surface area contributed by atoms with Crippen LogP contribution in [0.2, 0.25) is 0 Å². The van der Waals surface area contributed by atoms with Crippen LogP contribution >= 0.6 is 11.3 Å². The van der Waals surface area contributed by atoms with Gasteiger partial charge in [-0.2, -0.15) is 0 Å². The first-order valence-corrected chi connectivity index (χ1v) is 15.9. The number of hydrogen-bond acceptors (Lipinski definition) is 8. The summed E-state index contributed by atoms with van der Waals surface area (Å²) in [5.41, 5.74) is 8.76. The molecule has 0 unspecified atom stereocenters. The molecule has 0 saturated carbocycles. The third-order valence-electron chi connectivity index (χ3n) is 8.25. The SMILES string of the molecule is Fc1ccc(-c2nnc(-c3ccc4c(c3)CCNC4)c3ccsc23)c(OCCOCCNc2nccc3c2CCCC3)c1. The van der Waals surface area contributed by atoms with Gasteiger partial charge < -0.3 is 20.1 Å². The summed E-state index contributed by atoms with van der Waals surface area (Å²) in [6, 6.07) is 15.3. The Labute approximate surface area is 254 Å². The molecule has 0 saturated heterocycles. The summed E-state index contributed by atoms with van der Waals surface area (Å²) in [4.78, 5) is 4.53. The fourth-order valence-corrected chi connectivity index (χ4v) is 6.97. The molecule has 220 valence electrons. The second kappa shape index (κ2) is 12.8. The molecule has 7 rings (SSSR count). The van der Waals surface area contributed by atoms with Gasteiger partial charge in [-0.05, 0) is 96.6 Å². The van der Waals surface area contributed by atoms with E-state index < -0.39 is 0 Å². The van der Waals surface area contributed by atoms with Gasteiger partial charge in [0.2, 0.25) is 0 Å². The molecular formula is C34H34FN5O2S. The molecule has 0 spiro atoms. The van der Waals surface area contributed by atoms with Gasteiger partial charge in [0.1, 0.15) is 35.4 Å². The number of hydrogen-bond donors (Lipinski definition) is 2. The average Bonchev–Trinajstić information content (AvgIpc) is 3.54. The zero-order valence-electron chi connectivity index (χ0n) is 24.0. The van der Waals surface area contributed by atoms with E-state index >= 15 is 0 Å². The first kappa shape index (κ1) is 27.9. The van der Waals surface area contributed by atoms with Gasteiger partial charge >= 0.3 is 0 Å². The van der Waals surface area contributed by atoms with Gasteiger partial charge in [-0.3, -0.25) is 0 Å². The summed E-state index contributed by atoms with van der Waals surface area (Å²) < 4.78 is 27.2. The van der Waals surface area contributed by atoms with E-state index in [0.717, 1.165) is 59.5 Å². The molecule has 5 aromatic rings. The van der Waals surface area contributed by atoms with Gasteiger partial charge in [0.05, 0.1) is 17.9 Å². The molecule has 2 N–H and O–H groups in total. The van der Waals surface area contributed by atoms with Gasteiger partial charge in [0.15, 0.2) is 0 Å². The molecule has 1 aliphatic heterocycles. The smallest absolute Gasteiger partial charge is 0.131 e. The number of thiophene rings is 1. The standard InChI is InChI=1S/C34H34FN5O2S/c35-26-7-8-28(30(20-26)42-17-16-41-15-14-38-34-27-4-2-1-3-22(27)10-13-37-34)32-33-29(11-18-43-33)31(39-40-32)24-5-6-25-21-36-12-9-23(25)19-24/h5-8,10-11,13,18-20,36H,1-4,9,12,14-17,21H2,(H,37,38). The Kier molecular flexibility index (Phi) is 8.27. The van der Waals surface area contributed by atoms with E-state index in [9.17, 15) is 4.39 Å². The van der Waals surface area contributed by atoms with Gasteiger partial charge in [-0.1, -0.05) is 12.1 Å². The van der Waals surface area contributed by atoms with Gasteiger partial charge in [-0.15, -0.1) is 21.5 Å². The molecule has 0 amide bonds. The van der Waals surface area contributed by atoms with E-state index in [0.29, 0.717) is 43.4 Å². The number of rotatable bonds is 10. The third kappa shape index (κ3) is 5.98. The summed E-state index contributed by atoms with van der Waals surface area (Å²) in [7, 11) is 0. The molecule has 9 heteroatoms. The molecule has 3 aromatic heterocycles. The quantitative estimate of drug-likeness (QED) is 0.176. The molecule has 4 heterocycles. The molecule has 1 aliphatic carbocycles. The highest BCUT2D eigenvalue weighted by atomic mass is 32.1. The second-order valence-electron chi connectivity index (χ2n) is 11.0. The number of nitrogens with zero attached hydrogens (tertiary/aromatic N) is 3. The number of halogens is 1. The van der Waals surface area contributed by atoms with Crippen LogP contribution in [-0.2, 0) is 30.5 Å². The van der Waals surface area contributed by atoms with Crippen molar-refractivity contribution in [3.8, 4) is 28.3 Å². The summed E-state index contributed by atoms with van der Waals surface area (Å²) in [6.45, 7) is 3.73. The first-order chi connectivity index (χ1) is 21.2. The monoisotopic (exact) mass is 595 g/mol. The lowest BCUT2D eigenvalue weighted by atomic mass is 9.92. The largest absolute Gasteiger partial charge is 0.490 e. The zero-order valence-corrected chi connectivity index (χ0v) is 24.8. The van der Waals surface area contributed by atoms with E-state index in [1.54, 1.807) is 17.4 Å². The minimum absolute atomic E-state index is 0.290. The number of ether oxygens (including phenoxy) is 2. The molecule has 7 nitrogen and oxygen atoms in total. The Morgan fingerprint density at radius 2 is 1.81 bits per heavy atom. The van der Waals surface area contributed by atoms with Crippen LogP contribution in [0.25, 0.3) is 32.6 Å². The number of aromatic nitrogens is 3. The Hall–Kier alpha value is -3.92. The number of nitrogens with one attached hydrogen (secondary N) is 2. The zero-order chi connectivity index (χ0) is 29.0. The maximum Gasteiger partial charge on any atom is 0.131 e. The molecule has 0 radical (unpaired) electrons. The van der Waals surface area contributed by atoms with Crippen molar-refractivity contribution in [2.24, 2.45) is 0 Å². The predicted molar refractivity (Wildman–Crippen MR) is 169 cm³/mol. The number of aryl methyl sites for hydroxylation is 1. The number of pyridine rings is 1. The highest BCUT2D eigenvalue weighted by Crippen LogP contribution is 2.39. The van der Waals surface area contributed by atoms with Gasteiger partial charge in [0, 0.05) is 41.9 Å². The average molecular weight is 596 g/mol. The minimum Gasteiger partial charge on any atom is -0.490 e. The lowest BCUT2D eigenvalue weighted by Gasteiger charge is -2.19. The molecule has 2 aromatic carbocycles. The molecule has 43 heavy (non-hydrogen) atoms. The molecule has 0 fully saturated rings.